The van der Waals surface area contributed by atoms with E-state index >= 15 is 0 Å². The summed E-state index contributed by atoms with van der Waals surface area (Å²) in [7, 11) is 0. The molecule has 2 rings (SSSR count). The molecule has 1 nitrogen and oxygen atoms in total. The van der Waals surface area contributed by atoms with E-state index in [4.69, 9.17) is 0 Å². The van der Waals surface area contributed by atoms with Crippen molar-refractivity contribution in [3.63, 3.8) is 0 Å². The lowest BCUT2D eigenvalue weighted by molar-refractivity contribution is 0.145. The minimum atomic E-state index is -0.272. The van der Waals surface area contributed by atoms with Crippen LogP contribution in [0.25, 0.3) is 0 Å². The second kappa shape index (κ2) is 5.01. The topological polar surface area (TPSA) is 20.2 Å². The van der Waals surface area contributed by atoms with Crippen molar-refractivity contribution in [1.82, 2.24) is 0 Å². The summed E-state index contributed by atoms with van der Waals surface area (Å²) in [6, 6.07) is 8.42. The van der Waals surface area contributed by atoms with Gasteiger partial charge in [0.05, 0.1) is 6.10 Å². The molecule has 1 aliphatic carbocycles. The lowest BCUT2D eigenvalue weighted by atomic mass is 9.92. The lowest BCUT2D eigenvalue weighted by Gasteiger charge is -2.18. The minimum Gasteiger partial charge on any atom is -0.388 e. The first-order valence-electron chi connectivity index (χ1n) is 6.49. The largest absolute Gasteiger partial charge is 0.388 e. The fourth-order valence-corrected chi connectivity index (χ4v) is 2.26. The Morgan fingerprint density at radius 1 is 1.31 bits per heavy atom. The summed E-state index contributed by atoms with van der Waals surface area (Å²) >= 11 is 0. The third kappa shape index (κ3) is 2.65. The van der Waals surface area contributed by atoms with Crippen molar-refractivity contribution in [2.75, 3.05) is 0 Å². The van der Waals surface area contributed by atoms with Gasteiger partial charge in [0.25, 0.3) is 0 Å². The van der Waals surface area contributed by atoms with Crippen LogP contribution in [0.15, 0.2) is 24.3 Å². The van der Waals surface area contributed by atoms with Crippen LogP contribution in [-0.2, 0) is 0 Å². The van der Waals surface area contributed by atoms with Crippen molar-refractivity contribution in [2.24, 2.45) is 5.92 Å². The normalized spacial score (nSPS) is 19.4. The average molecular weight is 218 g/mol. The highest BCUT2D eigenvalue weighted by Crippen LogP contribution is 2.43. The lowest BCUT2D eigenvalue weighted by Crippen LogP contribution is -2.06. The van der Waals surface area contributed by atoms with Crippen molar-refractivity contribution in [1.29, 1.82) is 0 Å². The van der Waals surface area contributed by atoms with E-state index in [1.807, 2.05) is 6.07 Å². The zero-order valence-corrected chi connectivity index (χ0v) is 10.3. The Balaban J connectivity index is 2.12. The van der Waals surface area contributed by atoms with E-state index in [2.05, 4.69) is 32.0 Å². The quantitative estimate of drug-likeness (QED) is 0.791. The Labute approximate surface area is 98.5 Å². The van der Waals surface area contributed by atoms with Gasteiger partial charge in [-0.25, -0.2) is 0 Å². The van der Waals surface area contributed by atoms with E-state index in [1.54, 1.807) is 0 Å². The third-order valence-electron chi connectivity index (χ3n) is 3.69. The summed E-state index contributed by atoms with van der Waals surface area (Å²) in [5.41, 5.74) is 2.56. The molecule has 1 saturated carbocycles. The van der Waals surface area contributed by atoms with Gasteiger partial charge in [0.1, 0.15) is 0 Å². The highest BCUT2D eigenvalue weighted by molar-refractivity contribution is 5.34. The zero-order chi connectivity index (χ0) is 11.5. The molecule has 88 valence electrons. The molecular weight excluding hydrogens is 196 g/mol. The smallest absolute Gasteiger partial charge is 0.0795 e. The van der Waals surface area contributed by atoms with Gasteiger partial charge in [0.15, 0.2) is 0 Å². The van der Waals surface area contributed by atoms with E-state index < -0.39 is 0 Å². The predicted octanol–water partition coefficient (Wildman–Crippen LogP) is 4.03. The molecule has 1 heteroatoms. The monoisotopic (exact) mass is 218 g/mol. The SMILES string of the molecule is CCC(C)CC(O)c1ccccc1C1CC1. The van der Waals surface area contributed by atoms with Crippen molar-refractivity contribution >= 4 is 0 Å². The molecule has 2 unspecified atom stereocenters. The maximum atomic E-state index is 10.3. The molecule has 2 atom stereocenters. The zero-order valence-electron chi connectivity index (χ0n) is 10.3. The van der Waals surface area contributed by atoms with Gasteiger partial charge in [-0.1, -0.05) is 44.5 Å². The van der Waals surface area contributed by atoms with E-state index in [0.29, 0.717) is 5.92 Å². The molecule has 1 N–H and O–H groups in total. The van der Waals surface area contributed by atoms with Crippen molar-refractivity contribution in [2.45, 2.75) is 51.6 Å². The Kier molecular flexibility index (Phi) is 3.65. The molecule has 0 saturated heterocycles. The summed E-state index contributed by atoms with van der Waals surface area (Å²) in [4.78, 5) is 0. The second-order valence-corrected chi connectivity index (χ2v) is 5.17. The number of aliphatic hydroxyl groups excluding tert-OH is 1. The maximum Gasteiger partial charge on any atom is 0.0795 e. The van der Waals surface area contributed by atoms with Gasteiger partial charge < -0.3 is 5.11 Å². The number of rotatable bonds is 5. The van der Waals surface area contributed by atoms with E-state index in [0.717, 1.165) is 18.8 Å². The van der Waals surface area contributed by atoms with Crippen LogP contribution in [0, 0.1) is 5.92 Å². The highest BCUT2D eigenvalue weighted by atomic mass is 16.3. The first-order valence-corrected chi connectivity index (χ1v) is 6.49. The molecule has 0 spiro atoms. The Bertz CT molecular complexity index is 341. The maximum absolute atomic E-state index is 10.3. The van der Waals surface area contributed by atoms with Crippen molar-refractivity contribution in [3.05, 3.63) is 35.4 Å². The van der Waals surface area contributed by atoms with E-state index in [-0.39, 0.29) is 6.10 Å². The highest BCUT2D eigenvalue weighted by Gasteiger charge is 2.27. The summed E-state index contributed by atoms with van der Waals surface area (Å²) < 4.78 is 0. The summed E-state index contributed by atoms with van der Waals surface area (Å²) in [5.74, 6) is 1.32. The van der Waals surface area contributed by atoms with Crippen LogP contribution >= 0.6 is 0 Å². The molecule has 0 aliphatic heterocycles. The van der Waals surface area contributed by atoms with Crippen LogP contribution in [-0.4, -0.2) is 5.11 Å². The van der Waals surface area contributed by atoms with Gasteiger partial charge in [-0.3, -0.25) is 0 Å². The van der Waals surface area contributed by atoms with Crippen LogP contribution in [0.3, 0.4) is 0 Å². The van der Waals surface area contributed by atoms with Gasteiger partial charge >= 0.3 is 0 Å². The van der Waals surface area contributed by atoms with Gasteiger partial charge in [-0.2, -0.15) is 0 Å². The molecule has 0 aromatic heterocycles. The number of aliphatic hydroxyl groups is 1. The third-order valence-corrected chi connectivity index (χ3v) is 3.69. The predicted molar refractivity (Wildman–Crippen MR) is 67.4 cm³/mol. The van der Waals surface area contributed by atoms with E-state index in [1.165, 1.54) is 24.0 Å². The van der Waals surface area contributed by atoms with Crippen molar-refractivity contribution in [3.8, 4) is 0 Å². The van der Waals surface area contributed by atoms with Gasteiger partial charge in [-0.05, 0) is 42.2 Å². The standard InChI is InChI=1S/C15H22O/c1-3-11(2)10-15(16)14-7-5-4-6-13(14)12-8-9-12/h4-7,11-12,15-16H,3,8-10H2,1-2H3. The van der Waals surface area contributed by atoms with Crippen LogP contribution < -0.4 is 0 Å². The van der Waals surface area contributed by atoms with Gasteiger partial charge in [0.2, 0.25) is 0 Å². The molecule has 0 heterocycles. The van der Waals surface area contributed by atoms with Gasteiger partial charge in [-0.15, -0.1) is 0 Å². The summed E-state index contributed by atoms with van der Waals surface area (Å²) in [5, 5.41) is 10.3. The van der Waals surface area contributed by atoms with E-state index in [9.17, 15) is 5.11 Å². The molecule has 1 aromatic rings. The van der Waals surface area contributed by atoms with Crippen LogP contribution in [0.1, 0.15) is 62.7 Å². The molecule has 1 aliphatic rings. The van der Waals surface area contributed by atoms with Crippen LogP contribution in [0.4, 0.5) is 0 Å². The number of hydrogen-bond donors (Lipinski definition) is 1. The van der Waals surface area contributed by atoms with Crippen molar-refractivity contribution < 1.29 is 5.11 Å². The van der Waals surface area contributed by atoms with Gasteiger partial charge in [0, 0.05) is 0 Å². The molecule has 0 bridgehead atoms. The average Bonchev–Trinajstić information content (AvgIpc) is 3.12. The Morgan fingerprint density at radius 2 is 2.00 bits per heavy atom. The Morgan fingerprint density at radius 3 is 2.62 bits per heavy atom. The van der Waals surface area contributed by atoms with Crippen LogP contribution in [0.2, 0.25) is 0 Å². The molecular formula is C15H22O. The van der Waals surface area contributed by atoms with Crippen LogP contribution in [0.5, 0.6) is 0 Å². The Hall–Kier alpha value is -0.820. The minimum absolute atomic E-state index is 0.272. The number of hydrogen-bond acceptors (Lipinski definition) is 1. The first-order chi connectivity index (χ1) is 7.72. The molecule has 16 heavy (non-hydrogen) atoms. The molecule has 1 aromatic carbocycles. The molecule has 0 radical (unpaired) electrons. The fourth-order valence-electron chi connectivity index (χ4n) is 2.26. The summed E-state index contributed by atoms with van der Waals surface area (Å²) in [6.45, 7) is 4.40. The fraction of sp³-hybridized carbons (Fsp3) is 0.600. The number of benzene rings is 1. The summed E-state index contributed by atoms with van der Waals surface area (Å²) in [6.07, 6.45) is 4.36. The first kappa shape index (κ1) is 11.7. The molecule has 1 fully saturated rings. The molecule has 0 amide bonds. The second-order valence-electron chi connectivity index (χ2n) is 5.17.